The maximum Gasteiger partial charge on any atom is 0.113 e. The maximum atomic E-state index is 6.08. The number of thiazole rings is 1. The van der Waals surface area contributed by atoms with Crippen LogP contribution in [-0.2, 0) is 0 Å². The van der Waals surface area contributed by atoms with Crippen LogP contribution in [0.25, 0.3) is 0 Å². The summed E-state index contributed by atoms with van der Waals surface area (Å²) < 4.78 is 0.807. The molecular weight excluding hydrogens is 278 g/mol. The Bertz CT molecular complexity index is 419. The first-order valence-electron chi connectivity index (χ1n) is 7.29. The van der Waals surface area contributed by atoms with Crippen LogP contribution < -0.4 is 5.32 Å². The van der Waals surface area contributed by atoms with E-state index in [1.54, 1.807) is 17.5 Å². The van der Waals surface area contributed by atoms with E-state index in [9.17, 15) is 0 Å². The molecule has 1 N–H and O–H groups in total. The van der Waals surface area contributed by atoms with Gasteiger partial charge in [0.2, 0.25) is 0 Å². The highest BCUT2D eigenvalue weighted by Crippen LogP contribution is 2.37. The van der Waals surface area contributed by atoms with Crippen molar-refractivity contribution in [2.75, 3.05) is 20.1 Å². The standard InChI is InChI=1S/C14H22ClN3S/c1-18-7-3-2-4-10(8-16-11-5-6-11)13(18)14-17-9-12(15)19-14/h9-11,13,16H,2-8H2,1H3. The summed E-state index contributed by atoms with van der Waals surface area (Å²) in [5, 5.41) is 4.89. The Balaban J connectivity index is 1.75. The number of halogens is 1. The number of nitrogens with one attached hydrogen (secondary N) is 1. The minimum Gasteiger partial charge on any atom is -0.314 e. The molecule has 2 fully saturated rings. The topological polar surface area (TPSA) is 28.2 Å². The third-order valence-corrected chi connectivity index (χ3v) is 5.44. The van der Waals surface area contributed by atoms with Crippen molar-refractivity contribution < 1.29 is 0 Å². The van der Waals surface area contributed by atoms with Crippen molar-refractivity contribution in [1.29, 1.82) is 0 Å². The van der Waals surface area contributed by atoms with E-state index in [0.717, 1.165) is 16.9 Å². The summed E-state index contributed by atoms with van der Waals surface area (Å²) in [6, 6.07) is 1.22. The Labute approximate surface area is 124 Å². The van der Waals surface area contributed by atoms with Gasteiger partial charge in [0.1, 0.15) is 9.34 Å². The molecule has 3 nitrogen and oxygen atoms in total. The summed E-state index contributed by atoms with van der Waals surface area (Å²) in [5.41, 5.74) is 0. The lowest BCUT2D eigenvalue weighted by molar-refractivity contribution is 0.188. The Morgan fingerprint density at radius 2 is 2.26 bits per heavy atom. The van der Waals surface area contributed by atoms with E-state index >= 15 is 0 Å². The van der Waals surface area contributed by atoms with Crippen LogP contribution in [0.3, 0.4) is 0 Å². The normalized spacial score (nSPS) is 29.4. The predicted octanol–water partition coefficient (Wildman–Crippen LogP) is 3.32. The summed E-state index contributed by atoms with van der Waals surface area (Å²) in [5.74, 6) is 0.662. The second kappa shape index (κ2) is 6.08. The number of likely N-dealkylation sites (tertiary alicyclic amines) is 1. The first kappa shape index (κ1) is 13.8. The van der Waals surface area contributed by atoms with Crippen LogP contribution in [0.1, 0.15) is 43.2 Å². The van der Waals surface area contributed by atoms with Crippen molar-refractivity contribution in [1.82, 2.24) is 15.2 Å². The number of nitrogens with zero attached hydrogens (tertiary/aromatic N) is 2. The lowest BCUT2D eigenvalue weighted by Gasteiger charge is -2.31. The Morgan fingerprint density at radius 1 is 1.42 bits per heavy atom. The van der Waals surface area contributed by atoms with Gasteiger partial charge in [0.25, 0.3) is 0 Å². The van der Waals surface area contributed by atoms with Crippen molar-refractivity contribution in [2.45, 2.75) is 44.2 Å². The molecule has 2 heterocycles. The van der Waals surface area contributed by atoms with Crippen molar-refractivity contribution in [3.05, 3.63) is 15.5 Å². The molecule has 5 heteroatoms. The predicted molar refractivity (Wildman–Crippen MR) is 80.9 cm³/mol. The van der Waals surface area contributed by atoms with E-state index in [0.29, 0.717) is 12.0 Å². The second-order valence-corrected chi connectivity index (χ2v) is 7.56. The molecule has 3 rings (SSSR count). The Hall–Kier alpha value is -0.160. The van der Waals surface area contributed by atoms with Crippen LogP contribution in [0.4, 0.5) is 0 Å². The highest BCUT2D eigenvalue weighted by Gasteiger charge is 2.32. The summed E-state index contributed by atoms with van der Waals surface area (Å²) in [7, 11) is 2.23. The van der Waals surface area contributed by atoms with Gasteiger partial charge < -0.3 is 5.32 Å². The molecule has 1 aromatic rings. The van der Waals surface area contributed by atoms with Gasteiger partial charge in [-0.1, -0.05) is 18.0 Å². The minimum atomic E-state index is 0.436. The van der Waals surface area contributed by atoms with Gasteiger partial charge in [-0.05, 0) is 45.2 Å². The molecule has 1 aliphatic carbocycles. The average Bonchev–Trinajstić information content (AvgIpc) is 3.15. The lowest BCUT2D eigenvalue weighted by atomic mass is 9.95. The fourth-order valence-electron chi connectivity index (χ4n) is 3.04. The quantitative estimate of drug-likeness (QED) is 0.924. The third-order valence-electron chi connectivity index (χ3n) is 4.25. The molecule has 2 atom stereocenters. The summed E-state index contributed by atoms with van der Waals surface area (Å²) in [6.45, 7) is 2.29. The molecule has 1 saturated carbocycles. The molecule has 1 aromatic heterocycles. The van der Waals surface area contributed by atoms with Crippen molar-refractivity contribution >= 4 is 22.9 Å². The smallest absolute Gasteiger partial charge is 0.113 e. The molecule has 0 amide bonds. The molecule has 106 valence electrons. The van der Waals surface area contributed by atoms with Gasteiger partial charge in [-0.15, -0.1) is 11.3 Å². The summed E-state index contributed by atoms with van der Waals surface area (Å²) in [6.07, 6.45) is 8.44. The molecule has 19 heavy (non-hydrogen) atoms. The van der Waals surface area contributed by atoms with Gasteiger partial charge in [0.05, 0.1) is 12.2 Å². The van der Waals surface area contributed by atoms with Crippen LogP contribution in [0.15, 0.2) is 6.20 Å². The van der Waals surface area contributed by atoms with Crippen LogP contribution in [0.2, 0.25) is 4.34 Å². The van der Waals surface area contributed by atoms with Crippen LogP contribution in [0, 0.1) is 5.92 Å². The molecule has 0 radical (unpaired) electrons. The fourth-order valence-corrected chi connectivity index (χ4v) is 4.23. The van der Waals surface area contributed by atoms with Crippen LogP contribution in [0.5, 0.6) is 0 Å². The third kappa shape index (κ3) is 3.48. The highest BCUT2D eigenvalue weighted by atomic mass is 35.5. The molecule has 1 aliphatic heterocycles. The van der Waals surface area contributed by atoms with Crippen LogP contribution >= 0.6 is 22.9 Å². The maximum absolute atomic E-state index is 6.08. The second-order valence-electron chi connectivity index (χ2n) is 5.87. The fraction of sp³-hybridized carbons (Fsp3) is 0.786. The van der Waals surface area contributed by atoms with Crippen LogP contribution in [-0.4, -0.2) is 36.1 Å². The molecule has 2 aliphatic rings. The van der Waals surface area contributed by atoms with E-state index in [4.69, 9.17) is 11.6 Å². The highest BCUT2D eigenvalue weighted by molar-refractivity contribution is 7.15. The largest absolute Gasteiger partial charge is 0.314 e. The SMILES string of the molecule is CN1CCCCC(CNC2CC2)C1c1ncc(Cl)s1. The van der Waals surface area contributed by atoms with Crippen molar-refractivity contribution in [3.63, 3.8) is 0 Å². The average molecular weight is 300 g/mol. The number of rotatable bonds is 4. The Morgan fingerprint density at radius 3 is 2.95 bits per heavy atom. The van der Waals surface area contributed by atoms with Crippen molar-refractivity contribution in [3.8, 4) is 0 Å². The lowest BCUT2D eigenvalue weighted by Crippen LogP contribution is -2.35. The first-order chi connectivity index (χ1) is 9.24. The molecular formula is C14H22ClN3S. The van der Waals surface area contributed by atoms with Gasteiger partial charge >= 0.3 is 0 Å². The van der Waals surface area contributed by atoms with Crippen molar-refractivity contribution in [2.24, 2.45) is 5.92 Å². The van der Waals surface area contributed by atoms with E-state index in [-0.39, 0.29) is 0 Å². The van der Waals surface area contributed by atoms with Gasteiger partial charge in [0.15, 0.2) is 0 Å². The zero-order valence-electron chi connectivity index (χ0n) is 11.4. The zero-order valence-corrected chi connectivity index (χ0v) is 13.0. The summed E-state index contributed by atoms with van der Waals surface area (Å²) >= 11 is 7.72. The van der Waals surface area contributed by atoms with E-state index < -0.39 is 0 Å². The number of hydrogen-bond donors (Lipinski definition) is 1. The first-order valence-corrected chi connectivity index (χ1v) is 8.48. The molecule has 0 aromatic carbocycles. The van der Waals surface area contributed by atoms with E-state index in [1.165, 1.54) is 43.7 Å². The Kier molecular flexibility index (Phi) is 4.42. The van der Waals surface area contributed by atoms with Gasteiger partial charge in [-0.2, -0.15) is 0 Å². The van der Waals surface area contributed by atoms with Gasteiger partial charge in [-0.25, -0.2) is 4.98 Å². The number of hydrogen-bond acceptors (Lipinski definition) is 4. The summed E-state index contributed by atoms with van der Waals surface area (Å²) in [4.78, 5) is 7.02. The van der Waals surface area contributed by atoms with E-state index in [1.807, 2.05) is 0 Å². The molecule has 1 saturated heterocycles. The van der Waals surface area contributed by atoms with E-state index in [2.05, 4.69) is 22.2 Å². The molecule has 2 unspecified atom stereocenters. The van der Waals surface area contributed by atoms with Gasteiger partial charge in [-0.3, -0.25) is 4.90 Å². The number of aromatic nitrogens is 1. The minimum absolute atomic E-state index is 0.436. The monoisotopic (exact) mass is 299 g/mol. The van der Waals surface area contributed by atoms with Gasteiger partial charge in [0, 0.05) is 12.6 Å². The zero-order chi connectivity index (χ0) is 13.2. The molecule has 0 spiro atoms. The molecule has 0 bridgehead atoms.